The zero-order valence-corrected chi connectivity index (χ0v) is 14.6. The molecule has 0 aliphatic carbocycles. The van der Waals surface area contributed by atoms with Crippen LogP contribution in [0, 0.1) is 31.3 Å². The van der Waals surface area contributed by atoms with E-state index in [0.29, 0.717) is 0 Å². The van der Waals surface area contributed by atoms with Gasteiger partial charge in [-0.15, -0.1) is 11.6 Å². The van der Waals surface area contributed by atoms with Crippen LogP contribution in [0.2, 0.25) is 0 Å². The Morgan fingerprint density at radius 1 is 0.895 bits per heavy atom. The van der Waals surface area contributed by atoms with Crippen molar-refractivity contribution in [3.05, 3.63) is 67.3 Å². The summed E-state index contributed by atoms with van der Waals surface area (Å²) in [6.45, 7) is 8.64. The smallest absolute Gasteiger partial charge is 0.0840 e. The zero-order valence-electron chi connectivity index (χ0n) is 11.7. The summed E-state index contributed by atoms with van der Waals surface area (Å²) in [6.07, 6.45) is 0. The molecule has 2 rings (SSSR count). The quantitative estimate of drug-likeness (QED) is 0.450. The van der Waals surface area contributed by atoms with E-state index >= 15 is 0 Å². The molecule has 100 valence electrons. The molecule has 2 aromatic carbocycles. The van der Waals surface area contributed by atoms with Crippen LogP contribution in [0.25, 0.3) is 0 Å². The lowest BCUT2D eigenvalue weighted by Crippen LogP contribution is -2.03. The Kier molecular flexibility index (Phi) is 4.57. The van der Waals surface area contributed by atoms with Crippen molar-refractivity contribution in [1.82, 2.24) is 0 Å². The highest BCUT2D eigenvalue weighted by molar-refractivity contribution is 14.1. The van der Waals surface area contributed by atoms with E-state index in [0.717, 1.165) is 0 Å². The van der Waals surface area contributed by atoms with E-state index in [1.54, 1.807) is 0 Å². The highest BCUT2D eigenvalue weighted by Gasteiger charge is 2.18. The second-order valence-corrected chi connectivity index (χ2v) is 6.77. The van der Waals surface area contributed by atoms with Crippen LogP contribution in [0.4, 0.5) is 0 Å². The molecule has 0 amide bonds. The van der Waals surface area contributed by atoms with E-state index in [-0.39, 0.29) is 5.38 Å². The van der Waals surface area contributed by atoms with Crippen LogP contribution in [-0.4, -0.2) is 0 Å². The van der Waals surface area contributed by atoms with Gasteiger partial charge in [-0.3, -0.25) is 0 Å². The maximum absolute atomic E-state index is 6.74. The molecule has 1 atom stereocenters. The lowest BCUT2D eigenvalue weighted by atomic mass is 9.90. The standard InChI is InChI=1S/C17H18ClI/c1-10-9-11(2)13(4)16(12(10)3)17(18)14-5-7-15(19)8-6-14/h5-9,17H,1-4H3. The van der Waals surface area contributed by atoms with Gasteiger partial charge in [-0.05, 0) is 95.8 Å². The van der Waals surface area contributed by atoms with Gasteiger partial charge in [-0.25, -0.2) is 0 Å². The van der Waals surface area contributed by atoms with Gasteiger partial charge in [-0.1, -0.05) is 18.2 Å². The van der Waals surface area contributed by atoms with Crippen LogP contribution in [0.15, 0.2) is 30.3 Å². The van der Waals surface area contributed by atoms with Crippen molar-refractivity contribution >= 4 is 34.2 Å². The topological polar surface area (TPSA) is 0 Å². The molecule has 0 spiro atoms. The summed E-state index contributed by atoms with van der Waals surface area (Å²) >= 11 is 9.05. The third-order valence-electron chi connectivity index (χ3n) is 3.84. The Morgan fingerprint density at radius 3 is 1.84 bits per heavy atom. The van der Waals surface area contributed by atoms with Gasteiger partial charge >= 0.3 is 0 Å². The van der Waals surface area contributed by atoms with Crippen LogP contribution < -0.4 is 0 Å². The molecule has 0 saturated heterocycles. The first-order valence-corrected chi connectivity index (χ1v) is 7.90. The molecule has 1 unspecified atom stereocenters. The predicted molar refractivity (Wildman–Crippen MR) is 92.2 cm³/mol. The predicted octanol–water partition coefficient (Wildman–Crippen LogP) is 5.85. The molecular weight excluding hydrogens is 367 g/mol. The minimum absolute atomic E-state index is 0.0735. The van der Waals surface area contributed by atoms with Gasteiger partial charge in [0, 0.05) is 3.57 Å². The Morgan fingerprint density at radius 2 is 1.37 bits per heavy atom. The van der Waals surface area contributed by atoms with Crippen molar-refractivity contribution in [3.63, 3.8) is 0 Å². The summed E-state index contributed by atoms with van der Waals surface area (Å²) in [7, 11) is 0. The molecule has 19 heavy (non-hydrogen) atoms. The van der Waals surface area contributed by atoms with E-state index < -0.39 is 0 Å². The molecule has 0 bridgehead atoms. The maximum Gasteiger partial charge on any atom is 0.0840 e. The molecule has 2 aromatic rings. The molecule has 0 aromatic heterocycles. The van der Waals surface area contributed by atoms with Crippen molar-refractivity contribution in [2.75, 3.05) is 0 Å². The second-order valence-electron chi connectivity index (χ2n) is 5.09. The van der Waals surface area contributed by atoms with Gasteiger partial charge in [0.2, 0.25) is 0 Å². The van der Waals surface area contributed by atoms with Crippen molar-refractivity contribution in [3.8, 4) is 0 Å². The molecule has 2 heteroatoms. The van der Waals surface area contributed by atoms with Gasteiger partial charge in [0.05, 0.1) is 5.38 Å². The van der Waals surface area contributed by atoms with Crippen molar-refractivity contribution in [2.24, 2.45) is 0 Å². The number of rotatable bonds is 2. The fourth-order valence-electron chi connectivity index (χ4n) is 2.43. The number of hydrogen-bond acceptors (Lipinski definition) is 0. The molecule has 0 heterocycles. The normalized spacial score (nSPS) is 12.5. The van der Waals surface area contributed by atoms with Crippen LogP contribution in [0.3, 0.4) is 0 Å². The summed E-state index contributed by atoms with van der Waals surface area (Å²) < 4.78 is 1.24. The summed E-state index contributed by atoms with van der Waals surface area (Å²) in [6, 6.07) is 10.7. The van der Waals surface area contributed by atoms with Gasteiger partial charge < -0.3 is 0 Å². The van der Waals surface area contributed by atoms with E-state index in [2.05, 4.69) is 80.6 Å². The lowest BCUT2D eigenvalue weighted by molar-refractivity contribution is 1.05. The number of alkyl halides is 1. The van der Waals surface area contributed by atoms with E-state index in [9.17, 15) is 0 Å². The minimum Gasteiger partial charge on any atom is -0.113 e. The third-order valence-corrected chi connectivity index (χ3v) is 5.03. The molecule has 0 aliphatic heterocycles. The third kappa shape index (κ3) is 2.97. The average Bonchev–Trinajstić information content (AvgIpc) is 2.37. The molecule has 0 fully saturated rings. The first kappa shape index (κ1) is 14.9. The lowest BCUT2D eigenvalue weighted by Gasteiger charge is -2.20. The van der Waals surface area contributed by atoms with Gasteiger partial charge in [0.25, 0.3) is 0 Å². The summed E-state index contributed by atoms with van der Waals surface area (Å²) in [5.74, 6) is 0. The molecule has 0 aliphatic rings. The minimum atomic E-state index is -0.0735. The number of hydrogen-bond donors (Lipinski definition) is 0. The fraction of sp³-hybridized carbons (Fsp3) is 0.294. The van der Waals surface area contributed by atoms with E-state index in [1.165, 1.54) is 37.0 Å². The number of halogens is 2. The van der Waals surface area contributed by atoms with Crippen molar-refractivity contribution in [2.45, 2.75) is 33.1 Å². The summed E-state index contributed by atoms with van der Waals surface area (Å²) in [4.78, 5) is 0. The summed E-state index contributed by atoms with van der Waals surface area (Å²) in [5, 5.41) is -0.0735. The second kappa shape index (κ2) is 5.84. The molecule has 0 nitrogen and oxygen atoms in total. The highest BCUT2D eigenvalue weighted by Crippen LogP contribution is 2.36. The van der Waals surface area contributed by atoms with Crippen molar-refractivity contribution in [1.29, 1.82) is 0 Å². The zero-order chi connectivity index (χ0) is 14.2. The SMILES string of the molecule is Cc1cc(C)c(C)c(C(Cl)c2ccc(I)cc2)c1C. The summed E-state index contributed by atoms with van der Waals surface area (Å²) in [5.41, 5.74) is 7.67. The van der Waals surface area contributed by atoms with E-state index in [1.807, 2.05) is 0 Å². The molecule has 0 radical (unpaired) electrons. The Hall–Kier alpha value is -0.540. The largest absolute Gasteiger partial charge is 0.113 e. The first-order chi connectivity index (χ1) is 8.91. The van der Waals surface area contributed by atoms with Crippen LogP contribution >= 0.6 is 34.2 Å². The number of aryl methyl sites for hydroxylation is 2. The first-order valence-electron chi connectivity index (χ1n) is 6.38. The van der Waals surface area contributed by atoms with Crippen LogP contribution in [0.5, 0.6) is 0 Å². The van der Waals surface area contributed by atoms with E-state index in [4.69, 9.17) is 11.6 Å². The molecule has 0 N–H and O–H groups in total. The molecular formula is C17H18ClI. The number of benzene rings is 2. The van der Waals surface area contributed by atoms with Gasteiger partial charge in [-0.2, -0.15) is 0 Å². The highest BCUT2D eigenvalue weighted by atomic mass is 127. The molecule has 0 saturated carbocycles. The Bertz CT molecular complexity index is 573. The monoisotopic (exact) mass is 384 g/mol. The van der Waals surface area contributed by atoms with Gasteiger partial charge in [0.1, 0.15) is 0 Å². The van der Waals surface area contributed by atoms with Crippen LogP contribution in [0.1, 0.15) is 38.8 Å². The fourth-order valence-corrected chi connectivity index (χ4v) is 3.26. The maximum atomic E-state index is 6.74. The Balaban J connectivity index is 2.55. The van der Waals surface area contributed by atoms with Crippen LogP contribution in [-0.2, 0) is 0 Å². The van der Waals surface area contributed by atoms with Gasteiger partial charge in [0.15, 0.2) is 0 Å². The Labute approximate surface area is 134 Å². The average molecular weight is 385 g/mol. The van der Waals surface area contributed by atoms with Crippen molar-refractivity contribution < 1.29 is 0 Å².